The molecule has 0 aromatic carbocycles. The Bertz CT molecular complexity index is 324. The Morgan fingerprint density at radius 1 is 1.53 bits per heavy atom. The lowest BCUT2D eigenvalue weighted by atomic mass is 10.1. The van der Waals surface area contributed by atoms with Crippen molar-refractivity contribution in [3.63, 3.8) is 0 Å². The molecule has 1 aliphatic rings. The second kappa shape index (κ2) is 4.62. The van der Waals surface area contributed by atoms with Gasteiger partial charge in [-0.1, -0.05) is 0 Å². The first-order chi connectivity index (χ1) is 7.25. The fourth-order valence-corrected chi connectivity index (χ4v) is 2.23. The van der Waals surface area contributed by atoms with Crippen molar-refractivity contribution in [1.82, 2.24) is 4.98 Å². The topological polar surface area (TPSA) is 50.9 Å². The standard InChI is InChI=1S/C12H19N3/c1-9-7-14-5-4-12(9)15-8-10-2-3-11(13)6-10/h4-5,7,10-11H,2-3,6,8,13H2,1H3,(H,14,15). The summed E-state index contributed by atoms with van der Waals surface area (Å²) in [6.45, 7) is 3.12. The molecule has 1 fully saturated rings. The monoisotopic (exact) mass is 205 g/mol. The van der Waals surface area contributed by atoms with E-state index in [1.807, 2.05) is 18.5 Å². The summed E-state index contributed by atoms with van der Waals surface area (Å²) in [4.78, 5) is 4.08. The first kappa shape index (κ1) is 10.4. The van der Waals surface area contributed by atoms with E-state index >= 15 is 0 Å². The number of rotatable bonds is 3. The van der Waals surface area contributed by atoms with Crippen molar-refractivity contribution in [2.75, 3.05) is 11.9 Å². The van der Waals surface area contributed by atoms with E-state index in [1.165, 1.54) is 24.1 Å². The third kappa shape index (κ3) is 2.69. The molecule has 2 atom stereocenters. The van der Waals surface area contributed by atoms with Crippen LogP contribution in [0.3, 0.4) is 0 Å². The summed E-state index contributed by atoms with van der Waals surface area (Å²) in [6.07, 6.45) is 7.33. The number of aryl methyl sites for hydroxylation is 1. The number of nitrogens with zero attached hydrogens (tertiary/aromatic N) is 1. The molecule has 0 amide bonds. The van der Waals surface area contributed by atoms with Gasteiger partial charge < -0.3 is 11.1 Å². The molecule has 1 aliphatic carbocycles. The molecule has 15 heavy (non-hydrogen) atoms. The van der Waals surface area contributed by atoms with Crippen molar-refractivity contribution >= 4 is 5.69 Å². The molecule has 0 radical (unpaired) electrons. The summed E-state index contributed by atoms with van der Waals surface area (Å²) >= 11 is 0. The van der Waals surface area contributed by atoms with E-state index < -0.39 is 0 Å². The lowest BCUT2D eigenvalue weighted by molar-refractivity contribution is 0.565. The van der Waals surface area contributed by atoms with Crippen molar-refractivity contribution in [2.24, 2.45) is 11.7 Å². The number of nitrogens with one attached hydrogen (secondary N) is 1. The van der Waals surface area contributed by atoms with Gasteiger partial charge in [0.25, 0.3) is 0 Å². The van der Waals surface area contributed by atoms with Crippen LogP contribution < -0.4 is 11.1 Å². The molecule has 1 aromatic heterocycles. The quantitative estimate of drug-likeness (QED) is 0.792. The van der Waals surface area contributed by atoms with Crippen LogP contribution in [0, 0.1) is 12.8 Å². The molecule has 2 unspecified atom stereocenters. The number of hydrogen-bond acceptors (Lipinski definition) is 3. The predicted molar refractivity (Wildman–Crippen MR) is 62.8 cm³/mol. The summed E-state index contributed by atoms with van der Waals surface area (Å²) in [6, 6.07) is 2.46. The molecule has 3 heteroatoms. The summed E-state index contributed by atoms with van der Waals surface area (Å²) in [7, 11) is 0. The average Bonchev–Trinajstić information content (AvgIpc) is 2.63. The molecular formula is C12H19N3. The van der Waals surface area contributed by atoms with E-state index in [0.29, 0.717) is 6.04 Å². The lowest BCUT2D eigenvalue weighted by Crippen LogP contribution is -2.17. The van der Waals surface area contributed by atoms with Gasteiger partial charge in [-0.05, 0) is 43.7 Å². The minimum atomic E-state index is 0.426. The molecule has 1 saturated carbocycles. The van der Waals surface area contributed by atoms with Crippen LogP contribution in [0.1, 0.15) is 24.8 Å². The summed E-state index contributed by atoms with van der Waals surface area (Å²) in [5.41, 5.74) is 8.29. The second-order valence-corrected chi connectivity index (χ2v) is 4.51. The molecule has 3 nitrogen and oxygen atoms in total. The first-order valence-corrected chi connectivity index (χ1v) is 5.66. The Kier molecular flexibility index (Phi) is 3.21. The molecule has 3 N–H and O–H groups in total. The Balaban J connectivity index is 1.86. The van der Waals surface area contributed by atoms with Crippen LogP contribution in [-0.2, 0) is 0 Å². The predicted octanol–water partition coefficient (Wildman–Crippen LogP) is 1.93. The highest BCUT2D eigenvalue weighted by Crippen LogP contribution is 2.24. The normalized spacial score (nSPS) is 25.5. The highest BCUT2D eigenvalue weighted by molar-refractivity contribution is 5.48. The molecule has 1 heterocycles. The van der Waals surface area contributed by atoms with Gasteiger partial charge in [-0.2, -0.15) is 0 Å². The van der Waals surface area contributed by atoms with Crippen molar-refractivity contribution in [3.8, 4) is 0 Å². The Labute approximate surface area is 91.1 Å². The van der Waals surface area contributed by atoms with Gasteiger partial charge in [-0.25, -0.2) is 0 Å². The van der Waals surface area contributed by atoms with Gasteiger partial charge >= 0.3 is 0 Å². The molecule has 1 aromatic rings. The smallest absolute Gasteiger partial charge is 0.0400 e. The first-order valence-electron chi connectivity index (χ1n) is 5.66. The van der Waals surface area contributed by atoms with E-state index in [4.69, 9.17) is 5.73 Å². The zero-order valence-electron chi connectivity index (χ0n) is 9.24. The minimum absolute atomic E-state index is 0.426. The highest BCUT2D eigenvalue weighted by atomic mass is 14.9. The van der Waals surface area contributed by atoms with Crippen LogP contribution in [0.4, 0.5) is 5.69 Å². The van der Waals surface area contributed by atoms with Gasteiger partial charge in [0.05, 0.1) is 0 Å². The summed E-state index contributed by atoms with van der Waals surface area (Å²) in [5.74, 6) is 0.743. The maximum absolute atomic E-state index is 5.89. The molecule has 0 saturated heterocycles. The van der Waals surface area contributed by atoms with Crippen molar-refractivity contribution in [3.05, 3.63) is 24.0 Å². The van der Waals surface area contributed by atoms with Gasteiger partial charge in [0.1, 0.15) is 0 Å². The van der Waals surface area contributed by atoms with Crippen LogP contribution in [0.5, 0.6) is 0 Å². The van der Waals surface area contributed by atoms with Gasteiger partial charge in [-0.3, -0.25) is 4.98 Å². The zero-order valence-corrected chi connectivity index (χ0v) is 9.24. The Hall–Kier alpha value is -1.09. The second-order valence-electron chi connectivity index (χ2n) is 4.51. The van der Waals surface area contributed by atoms with Gasteiger partial charge in [0.15, 0.2) is 0 Å². The van der Waals surface area contributed by atoms with E-state index in [-0.39, 0.29) is 0 Å². The van der Waals surface area contributed by atoms with Crippen molar-refractivity contribution in [1.29, 1.82) is 0 Å². The highest BCUT2D eigenvalue weighted by Gasteiger charge is 2.21. The fourth-order valence-electron chi connectivity index (χ4n) is 2.23. The minimum Gasteiger partial charge on any atom is -0.384 e. The van der Waals surface area contributed by atoms with E-state index in [2.05, 4.69) is 17.2 Å². The van der Waals surface area contributed by atoms with Gasteiger partial charge in [-0.15, -0.1) is 0 Å². The number of nitrogens with two attached hydrogens (primary N) is 1. The van der Waals surface area contributed by atoms with Crippen LogP contribution in [0.25, 0.3) is 0 Å². The van der Waals surface area contributed by atoms with Crippen molar-refractivity contribution < 1.29 is 0 Å². The van der Waals surface area contributed by atoms with Crippen LogP contribution in [0.15, 0.2) is 18.5 Å². The summed E-state index contributed by atoms with van der Waals surface area (Å²) in [5, 5.41) is 3.48. The van der Waals surface area contributed by atoms with Crippen LogP contribution >= 0.6 is 0 Å². The lowest BCUT2D eigenvalue weighted by Gasteiger charge is -2.13. The molecule has 2 rings (SSSR count). The number of anilines is 1. The Morgan fingerprint density at radius 3 is 3.07 bits per heavy atom. The number of pyridine rings is 1. The van der Waals surface area contributed by atoms with E-state index in [1.54, 1.807) is 0 Å². The zero-order chi connectivity index (χ0) is 10.7. The number of hydrogen-bond donors (Lipinski definition) is 2. The van der Waals surface area contributed by atoms with Crippen molar-refractivity contribution in [2.45, 2.75) is 32.2 Å². The van der Waals surface area contributed by atoms with E-state index in [0.717, 1.165) is 18.9 Å². The number of aromatic nitrogens is 1. The third-order valence-electron chi connectivity index (χ3n) is 3.18. The SMILES string of the molecule is Cc1cnccc1NCC1CCC(N)C1. The molecule has 0 spiro atoms. The summed E-state index contributed by atoms with van der Waals surface area (Å²) < 4.78 is 0. The molecule has 0 bridgehead atoms. The van der Waals surface area contributed by atoms with Crippen LogP contribution in [0.2, 0.25) is 0 Å². The largest absolute Gasteiger partial charge is 0.384 e. The maximum atomic E-state index is 5.89. The molecule has 82 valence electrons. The molecule has 0 aliphatic heterocycles. The molecular weight excluding hydrogens is 186 g/mol. The van der Waals surface area contributed by atoms with Gasteiger partial charge in [0, 0.05) is 30.7 Å². The Morgan fingerprint density at radius 2 is 2.40 bits per heavy atom. The third-order valence-corrected chi connectivity index (χ3v) is 3.18. The fraction of sp³-hybridized carbons (Fsp3) is 0.583. The maximum Gasteiger partial charge on any atom is 0.0400 e. The van der Waals surface area contributed by atoms with E-state index in [9.17, 15) is 0 Å². The van der Waals surface area contributed by atoms with Crippen LogP contribution in [-0.4, -0.2) is 17.6 Å². The van der Waals surface area contributed by atoms with Gasteiger partial charge in [0.2, 0.25) is 0 Å². The average molecular weight is 205 g/mol.